The lowest BCUT2D eigenvalue weighted by Gasteiger charge is -2.27. The molecule has 0 saturated carbocycles. The topological polar surface area (TPSA) is 46.3 Å². The number of amides is 1. The van der Waals surface area contributed by atoms with E-state index in [-0.39, 0.29) is 29.7 Å². The van der Waals surface area contributed by atoms with Crippen molar-refractivity contribution in [2.45, 2.75) is 25.4 Å². The van der Waals surface area contributed by atoms with Crippen LogP contribution in [-0.4, -0.2) is 23.9 Å². The first-order valence-corrected chi connectivity index (χ1v) is 6.45. The van der Waals surface area contributed by atoms with Crippen LogP contribution in [0.25, 0.3) is 0 Å². The van der Waals surface area contributed by atoms with Crippen molar-refractivity contribution < 1.29 is 9.18 Å². The molecule has 0 aliphatic heterocycles. The molecule has 0 spiro atoms. The summed E-state index contributed by atoms with van der Waals surface area (Å²) in [5, 5.41) is 0. The maximum atomic E-state index is 12.9. The van der Waals surface area contributed by atoms with E-state index in [9.17, 15) is 9.18 Å². The number of nitrogens with two attached hydrogens (primary N) is 1. The maximum Gasteiger partial charge on any atom is 0.229 e. The molecule has 4 heteroatoms. The molecule has 19 heavy (non-hydrogen) atoms. The fourth-order valence-electron chi connectivity index (χ4n) is 2.33. The number of carbonyl (C=O) groups is 1. The van der Waals surface area contributed by atoms with Gasteiger partial charge in [0, 0.05) is 13.1 Å². The minimum Gasteiger partial charge on any atom is -0.338 e. The highest BCUT2D eigenvalue weighted by Crippen LogP contribution is 2.24. The first-order valence-electron chi connectivity index (χ1n) is 6.45. The third-order valence-corrected chi connectivity index (χ3v) is 3.71. The molecule has 3 nitrogen and oxygen atoms in total. The fraction of sp³-hybridized carbons (Fsp3) is 0.400. The zero-order chi connectivity index (χ0) is 14.0. The van der Waals surface area contributed by atoms with E-state index in [4.69, 9.17) is 5.73 Å². The SMILES string of the molecule is CC(c1ccc(F)cc1)N(C)C(=O)C1C=CC(N)C1. The third kappa shape index (κ3) is 3.01. The number of hydrogen-bond acceptors (Lipinski definition) is 2. The molecule has 3 unspecified atom stereocenters. The summed E-state index contributed by atoms with van der Waals surface area (Å²) in [5.74, 6) is -0.349. The number of nitrogens with zero attached hydrogens (tertiary/aromatic N) is 1. The lowest BCUT2D eigenvalue weighted by molar-refractivity contribution is -0.134. The fourth-order valence-corrected chi connectivity index (χ4v) is 2.33. The molecule has 0 bridgehead atoms. The van der Waals surface area contributed by atoms with E-state index in [2.05, 4.69) is 0 Å². The summed E-state index contributed by atoms with van der Waals surface area (Å²) in [6, 6.07) is 6.13. The van der Waals surface area contributed by atoms with Crippen molar-refractivity contribution in [3.8, 4) is 0 Å². The average Bonchev–Trinajstić information content (AvgIpc) is 2.84. The van der Waals surface area contributed by atoms with Gasteiger partial charge >= 0.3 is 0 Å². The summed E-state index contributed by atoms with van der Waals surface area (Å²) in [6.07, 6.45) is 4.42. The van der Waals surface area contributed by atoms with Gasteiger partial charge in [-0.05, 0) is 31.0 Å². The van der Waals surface area contributed by atoms with Gasteiger partial charge in [0.2, 0.25) is 5.91 Å². The maximum absolute atomic E-state index is 12.9. The van der Waals surface area contributed by atoms with E-state index < -0.39 is 0 Å². The number of halogens is 1. The van der Waals surface area contributed by atoms with E-state index in [1.165, 1.54) is 12.1 Å². The normalized spacial score (nSPS) is 23.4. The van der Waals surface area contributed by atoms with Crippen molar-refractivity contribution >= 4 is 5.91 Å². The van der Waals surface area contributed by atoms with Crippen LogP contribution in [0.2, 0.25) is 0 Å². The Labute approximate surface area is 112 Å². The van der Waals surface area contributed by atoms with Crippen LogP contribution in [0.5, 0.6) is 0 Å². The van der Waals surface area contributed by atoms with Gasteiger partial charge < -0.3 is 10.6 Å². The summed E-state index contributed by atoms with van der Waals surface area (Å²) in [5.41, 5.74) is 6.69. The molecule has 0 aromatic heterocycles. The zero-order valence-corrected chi connectivity index (χ0v) is 11.2. The largest absolute Gasteiger partial charge is 0.338 e. The summed E-state index contributed by atoms with van der Waals surface area (Å²) < 4.78 is 12.9. The van der Waals surface area contributed by atoms with E-state index >= 15 is 0 Å². The first-order chi connectivity index (χ1) is 8.99. The molecule has 1 aliphatic rings. The van der Waals surface area contributed by atoms with Gasteiger partial charge in [0.25, 0.3) is 0 Å². The van der Waals surface area contributed by atoms with Crippen LogP contribution < -0.4 is 5.73 Å². The van der Waals surface area contributed by atoms with Crippen molar-refractivity contribution in [1.29, 1.82) is 0 Å². The van der Waals surface area contributed by atoms with Crippen LogP contribution in [0.1, 0.15) is 24.9 Å². The van der Waals surface area contributed by atoms with Gasteiger partial charge in [0.05, 0.1) is 12.0 Å². The molecule has 0 heterocycles. The Balaban J connectivity index is 2.06. The average molecular weight is 262 g/mol. The zero-order valence-electron chi connectivity index (χ0n) is 11.2. The van der Waals surface area contributed by atoms with Crippen LogP contribution in [0, 0.1) is 11.7 Å². The molecule has 1 aromatic carbocycles. The predicted octanol–water partition coefficient (Wildman–Crippen LogP) is 2.25. The lowest BCUT2D eigenvalue weighted by atomic mass is 10.0. The minimum absolute atomic E-state index is 0.0246. The van der Waals surface area contributed by atoms with E-state index in [1.807, 2.05) is 19.1 Å². The summed E-state index contributed by atoms with van der Waals surface area (Å²) in [7, 11) is 1.77. The van der Waals surface area contributed by atoms with Crippen molar-refractivity contribution in [2.24, 2.45) is 11.7 Å². The molecular formula is C15H19FN2O. The Morgan fingerprint density at radius 3 is 2.53 bits per heavy atom. The quantitative estimate of drug-likeness (QED) is 0.849. The smallest absolute Gasteiger partial charge is 0.229 e. The van der Waals surface area contributed by atoms with Gasteiger partial charge in [-0.1, -0.05) is 24.3 Å². The van der Waals surface area contributed by atoms with Crippen molar-refractivity contribution in [3.63, 3.8) is 0 Å². The first kappa shape index (κ1) is 13.7. The predicted molar refractivity (Wildman–Crippen MR) is 72.8 cm³/mol. The molecule has 0 saturated heterocycles. The minimum atomic E-state index is -0.269. The summed E-state index contributed by atoms with van der Waals surface area (Å²) >= 11 is 0. The van der Waals surface area contributed by atoms with Crippen molar-refractivity contribution in [3.05, 3.63) is 47.8 Å². The van der Waals surface area contributed by atoms with Crippen LogP contribution in [0.4, 0.5) is 4.39 Å². The van der Waals surface area contributed by atoms with Crippen LogP contribution in [0.15, 0.2) is 36.4 Å². The van der Waals surface area contributed by atoms with Gasteiger partial charge in [0.1, 0.15) is 5.82 Å². The Morgan fingerprint density at radius 1 is 1.37 bits per heavy atom. The van der Waals surface area contributed by atoms with Gasteiger partial charge in [-0.2, -0.15) is 0 Å². The second-order valence-corrected chi connectivity index (χ2v) is 5.07. The highest BCUT2D eigenvalue weighted by atomic mass is 19.1. The standard InChI is InChI=1S/C15H19FN2O/c1-10(11-3-6-13(16)7-4-11)18(2)15(19)12-5-8-14(17)9-12/h3-8,10,12,14H,9,17H2,1-2H3. The van der Waals surface area contributed by atoms with Gasteiger partial charge in [0.15, 0.2) is 0 Å². The third-order valence-electron chi connectivity index (χ3n) is 3.71. The monoisotopic (exact) mass is 262 g/mol. The van der Waals surface area contributed by atoms with E-state index in [0.717, 1.165) is 5.56 Å². The molecule has 0 fully saturated rings. The van der Waals surface area contributed by atoms with Gasteiger partial charge in [-0.25, -0.2) is 4.39 Å². The van der Waals surface area contributed by atoms with E-state index in [0.29, 0.717) is 6.42 Å². The summed E-state index contributed by atoms with van der Waals surface area (Å²) in [6.45, 7) is 1.93. The molecular weight excluding hydrogens is 243 g/mol. The Hall–Kier alpha value is -1.68. The van der Waals surface area contributed by atoms with Crippen LogP contribution >= 0.6 is 0 Å². The number of benzene rings is 1. The molecule has 0 radical (unpaired) electrons. The highest BCUT2D eigenvalue weighted by Gasteiger charge is 2.27. The molecule has 1 amide bonds. The van der Waals surface area contributed by atoms with Crippen molar-refractivity contribution in [2.75, 3.05) is 7.05 Å². The molecule has 2 N–H and O–H groups in total. The Bertz CT molecular complexity index is 483. The van der Waals surface area contributed by atoms with E-state index in [1.54, 1.807) is 24.1 Å². The Kier molecular flexibility index (Phi) is 4.00. The van der Waals surface area contributed by atoms with Gasteiger partial charge in [-0.3, -0.25) is 4.79 Å². The molecule has 102 valence electrons. The second kappa shape index (κ2) is 5.53. The molecule has 1 aromatic rings. The van der Waals surface area contributed by atoms with Crippen molar-refractivity contribution in [1.82, 2.24) is 4.90 Å². The summed E-state index contributed by atoms with van der Waals surface area (Å²) in [4.78, 5) is 14.0. The number of hydrogen-bond donors (Lipinski definition) is 1. The van der Waals surface area contributed by atoms with Crippen LogP contribution in [-0.2, 0) is 4.79 Å². The second-order valence-electron chi connectivity index (χ2n) is 5.07. The molecule has 3 atom stereocenters. The number of carbonyl (C=O) groups excluding carboxylic acids is 1. The highest BCUT2D eigenvalue weighted by molar-refractivity contribution is 5.81. The molecule has 2 rings (SSSR count). The molecule has 1 aliphatic carbocycles. The number of rotatable bonds is 3. The lowest BCUT2D eigenvalue weighted by Crippen LogP contribution is -2.34. The van der Waals surface area contributed by atoms with Crippen LogP contribution in [0.3, 0.4) is 0 Å². The van der Waals surface area contributed by atoms with Gasteiger partial charge in [-0.15, -0.1) is 0 Å². The Morgan fingerprint density at radius 2 is 2.00 bits per heavy atom.